The molecule has 0 bridgehead atoms. The van der Waals surface area contributed by atoms with Gasteiger partial charge in [-0.25, -0.2) is 18.0 Å². The van der Waals surface area contributed by atoms with Gasteiger partial charge in [-0.05, 0) is 6.42 Å². The molecule has 2 nitrogen and oxygen atoms in total. The maximum Gasteiger partial charge on any atom is 0.389 e. The molecule has 0 atom stereocenters. The van der Waals surface area contributed by atoms with Crippen LogP contribution in [0.5, 0.6) is 5.75 Å². The highest BCUT2D eigenvalue weighted by molar-refractivity contribution is 5.90. The van der Waals surface area contributed by atoms with Crippen LogP contribution in [-0.4, -0.2) is 5.97 Å². The van der Waals surface area contributed by atoms with Crippen LogP contribution in [0.3, 0.4) is 0 Å². The van der Waals surface area contributed by atoms with E-state index in [1.54, 1.807) is 6.92 Å². The molecule has 0 saturated heterocycles. The number of carbonyl (C=O) groups excluding carboxylic acids is 1. The predicted octanol–water partition coefficient (Wildman–Crippen LogP) is 3.09. The fraction of sp³-hybridized carbons (Fsp3) is 0.250. The molecule has 0 N–H and O–H groups in total. The zero-order valence-electron chi connectivity index (χ0n) is 9.62. The van der Waals surface area contributed by atoms with Gasteiger partial charge in [-0.3, -0.25) is 0 Å². The van der Waals surface area contributed by atoms with E-state index in [4.69, 9.17) is 0 Å². The Morgan fingerprint density at radius 1 is 1.00 bits per heavy atom. The number of ether oxygens (including phenoxy) is 1. The lowest BCUT2D eigenvalue weighted by Gasteiger charge is -2.06. The number of benzene rings is 1. The average Bonchev–Trinajstić information content (AvgIpc) is 2.39. The lowest BCUT2D eigenvalue weighted by Crippen LogP contribution is -2.11. The highest BCUT2D eigenvalue weighted by Gasteiger charge is 2.28. The molecule has 0 aliphatic carbocycles. The third-order valence-electron chi connectivity index (χ3n) is 1.93. The molecule has 102 valence electrons. The van der Waals surface area contributed by atoms with Crippen LogP contribution in [-0.2, 0) is 4.79 Å². The third kappa shape index (κ3) is 3.22. The minimum Gasteiger partial charge on any atom is -0.410 e. The molecule has 0 fully saturated rings. The van der Waals surface area contributed by atoms with E-state index in [0.29, 0.717) is 12.8 Å². The first-order valence-electron chi connectivity index (χ1n) is 5.12. The Labute approximate surface area is 105 Å². The van der Waals surface area contributed by atoms with Crippen LogP contribution in [0.4, 0.5) is 22.0 Å². The molecule has 0 aliphatic rings. The molecule has 0 aliphatic heterocycles. The van der Waals surface area contributed by atoms with Crippen LogP contribution < -0.4 is 4.74 Å². The van der Waals surface area contributed by atoms with Crippen molar-refractivity contribution in [1.82, 2.24) is 0 Å². The Morgan fingerprint density at radius 2 is 1.47 bits per heavy atom. The molecule has 0 heterocycles. The van der Waals surface area contributed by atoms with Gasteiger partial charge in [0.15, 0.2) is 0 Å². The van der Waals surface area contributed by atoms with Crippen LogP contribution in [0.2, 0.25) is 0 Å². The van der Waals surface area contributed by atoms with E-state index in [1.807, 2.05) is 5.92 Å². The van der Waals surface area contributed by atoms with Gasteiger partial charge in [0.1, 0.15) is 0 Å². The monoisotopic (exact) mass is 278 g/mol. The fourth-order valence-electron chi connectivity index (χ4n) is 1.05. The predicted molar refractivity (Wildman–Crippen MR) is 54.6 cm³/mol. The van der Waals surface area contributed by atoms with Gasteiger partial charge in [-0.1, -0.05) is 12.8 Å². The van der Waals surface area contributed by atoms with Gasteiger partial charge in [0.25, 0.3) is 0 Å². The van der Waals surface area contributed by atoms with Gasteiger partial charge in [-0.2, -0.15) is 8.78 Å². The first kappa shape index (κ1) is 15.0. The molecular weight excluding hydrogens is 271 g/mol. The highest BCUT2D eigenvalue weighted by Crippen LogP contribution is 2.29. The van der Waals surface area contributed by atoms with Gasteiger partial charge in [-0.15, -0.1) is 0 Å². The summed E-state index contributed by atoms with van der Waals surface area (Å²) >= 11 is 0. The smallest absolute Gasteiger partial charge is 0.389 e. The van der Waals surface area contributed by atoms with Gasteiger partial charge in [0.2, 0.25) is 34.8 Å². The Hall–Kier alpha value is -2.10. The van der Waals surface area contributed by atoms with E-state index in [2.05, 4.69) is 10.7 Å². The van der Waals surface area contributed by atoms with Crippen molar-refractivity contribution in [2.45, 2.75) is 19.8 Å². The van der Waals surface area contributed by atoms with Crippen molar-refractivity contribution in [3.8, 4) is 17.6 Å². The number of carbonyl (C=O) groups is 1. The van der Waals surface area contributed by atoms with Gasteiger partial charge in [0, 0.05) is 12.3 Å². The zero-order valence-corrected chi connectivity index (χ0v) is 9.62. The van der Waals surface area contributed by atoms with E-state index in [9.17, 15) is 26.7 Å². The van der Waals surface area contributed by atoms with Gasteiger partial charge < -0.3 is 4.74 Å². The summed E-state index contributed by atoms with van der Waals surface area (Å²) in [6.07, 6.45) is 0.953. The Morgan fingerprint density at radius 3 is 1.95 bits per heavy atom. The number of rotatable bonds is 2. The molecular formula is C12H7F5O2. The summed E-state index contributed by atoms with van der Waals surface area (Å²) < 4.78 is 68.5. The summed E-state index contributed by atoms with van der Waals surface area (Å²) in [5.74, 6) is -10.1. The van der Waals surface area contributed by atoms with Crippen LogP contribution in [0.15, 0.2) is 0 Å². The molecule has 1 rings (SSSR count). The van der Waals surface area contributed by atoms with E-state index in [-0.39, 0.29) is 0 Å². The summed E-state index contributed by atoms with van der Waals surface area (Å²) in [6.45, 7) is 1.77. The summed E-state index contributed by atoms with van der Waals surface area (Å²) in [5, 5.41) is 0. The number of esters is 1. The van der Waals surface area contributed by atoms with Crippen LogP contribution >= 0.6 is 0 Å². The van der Waals surface area contributed by atoms with Gasteiger partial charge in [0.05, 0.1) is 0 Å². The number of hydrogen-bond acceptors (Lipinski definition) is 2. The molecule has 0 aromatic heterocycles. The zero-order chi connectivity index (χ0) is 14.6. The lowest BCUT2D eigenvalue weighted by atomic mass is 10.2. The van der Waals surface area contributed by atoms with E-state index in [1.165, 1.54) is 0 Å². The Bertz CT molecular complexity index is 543. The molecule has 19 heavy (non-hydrogen) atoms. The summed E-state index contributed by atoms with van der Waals surface area (Å²) in [4.78, 5) is 11.0. The Kier molecular flexibility index (Phi) is 4.87. The van der Waals surface area contributed by atoms with Crippen molar-refractivity contribution in [2.24, 2.45) is 0 Å². The third-order valence-corrected chi connectivity index (χ3v) is 1.93. The topological polar surface area (TPSA) is 26.3 Å². The van der Waals surface area contributed by atoms with Crippen LogP contribution in [0, 0.1) is 40.9 Å². The summed E-state index contributed by atoms with van der Waals surface area (Å²) in [7, 11) is 0. The standard InChI is InChI=1S/C12H7F5O2/c1-2-3-4-5-6(18)19-12-10(16)8(14)7(13)9(15)11(12)17/h2-3H2,1H3. The second-order valence-corrected chi connectivity index (χ2v) is 3.34. The first-order valence-corrected chi connectivity index (χ1v) is 5.12. The minimum atomic E-state index is -2.33. The number of hydrogen-bond donors (Lipinski definition) is 0. The molecule has 1 aromatic rings. The maximum absolute atomic E-state index is 13.1. The highest BCUT2D eigenvalue weighted by atomic mass is 19.2. The molecule has 7 heteroatoms. The Balaban J connectivity index is 3.10. The normalized spacial score (nSPS) is 9.79. The van der Waals surface area contributed by atoms with Gasteiger partial charge >= 0.3 is 5.97 Å². The lowest BCUT2D eigenvalue weighted by molar-refractivity contribution is -0.128. The van der Waals surface area contributed by atoms with Crippen molar-refractivity contribution < 1.29 is 31.5 Å². The van der Waals surface area contributed by atoms with Crippen molar-refractivity contribution >= 4 is 5.97 Å². The first-order chi connectivity index (χ1) is 8.90. The second-order valence-electron chi connectivity index (χ2n) is 3.34. The number of halogens is 5. The van der Waals surface area contributed by atoms with Crippen molar-refractivity contribution in [1.29, 1.82) is 0 Å². The van der Waals surface area contributed by atoms with E-state index < -0.39 is 40.8 Å². The second kappa shape index (κ2) is 6.18. The maximum atomic E-state index is 13.1. The summed E-state index contributed by atoms with van der Waals surface area (Å²) in [6, 6.07) is 0. The molecule has 0 unspecified atom stereocenters. The average molecular weight is 278 g/mol. The quantitative estimate of drug-likeness (QED) is 0.158. The van der Waals surface area contributed by atoms with Crippen LogP contribution in [0.25, 0.3) is 0 Å². The molecule has 0 radical (unpaired) electrons. The summed E-state index contributed by atoms with van der Waals surface area (Å²) in [5.41, 5.74) is 0. The van der Waals surface area contributed by atoms with Crippen molar-refractivity contribution in [3.63, 3.8) is 0 Å². The SMILES string of the molecule is CCCC#CC(=O)Oc1c(F)c(F)c(F)c(F)c1F. The largest absolute Gasteiger partial charge is 0.410 e. The van der Waals surface area contributed by atoms with E-state index in [0.717, 1.165) is 0 Å². The fourth-order valence-corrected chi connectivity index (χ4v) is 1.05. The molecule has 1 aromatic carbocycles. The van der Waals surface area contributed by atoms with Crippen molar-refractivity contribution in [3.05, 3.63) is 29.1 Å². The van der Waals surface area contributed by atoms with Crippen LogP contribution in [0.1, 0.15) is 19.8 Å². The van der Waals surface area contributed by atoms with E-state index >= 15 is 0 Å². The minimum absolute atomic E-state index is 0.326. The molecule has 0 amide bonds. The van der Waals surface area contributed by atoms with Crippen molar-refractivity contribution in [2.75, 3.05) is 0 Å². The molecule has 0 saturated carbocycles. The molecule has 0 spiro atoms. The number of unbranched alkanes of at least 4 members (excludes halogenated alkanes) is 1.